The first kappa shape index (κ1) is 21.0. The minimum absolute atomic E-state index is 0.170. The second-order valence-electron chi connectivity index (χ2n) is 12.2. The quantitative estimate of drug-likeness (QED) is 0.488. The van der Waals surface area contributed by atoms with Gasteiger partial charge in [0.05, 0.1) is 6.10 Å². The maximum Gasteiger partial charge on any atom is 0.0724 e. The van der Waals surface area contributed by atoms with Crippen LogP contribution in [0.3, 0.4) is 0 Å². The second kappa shape index (κ2) is 7.75. The summed E-state index contributed by atoms with van der Waals surface area (Å²) < 4.78 is 0. The van der Waals surface area contributed by atoms with Crippen molar-refractivity contribution in [2.75, 3.05) is 0 Å². The fourth-order valence-electron chi connectivity index (χ4n) is 8.73. The number of hydrogen-bond donors (Lipinski definition) is 1. The van der Waals surface area contributed by atoms with Crippen LogP contribution in [0.1, 0.15) is 105 Å². The van der Waals surface area contributed by atoms with Crippen LogP contribution in [0.2, 0.25) is 0 Å². The first-order valence-electron chi connectivity index (χ1n) is 12.6. The lowest BCUT2D eigenvalue weighted by Crippen LogP contribution is -2.51. The van der Waals surface area contributed by atoms with Crippen molar-refractivity contribution in [2.24, 2.45) is 46.3 Å². The summed E-state index contributed by atoms with van der Waals surface area (Å²) >= 11 is 0. The van der Waals surface area contributed by atoms with Crippen molar-refractivity contribution in [3.63, 3.8) is 0 Å². The Kier molecular flexibility index (Phi) is 5.80. The fourth-order valence-corrected chi connectivity index (χ4v) is 8.73. The highest BCUT2D eigenvalue weighted by Gasteiger charge is 2.59. The van der Waals surface area contributed by atoms with Crippen LogP contribution in [0.15, 0.2) is 11.6 Å². The third-order valence-corrected chi connectivity index (χ3v) is 10.3. The minimum Gasteiger partial charge on any atom is -0.389 e. The van der Waals surface area contributed by atoms with Crippen LogP contribution in [-0.4, -0.2) is 11.2 Å². The van der Waals surface area contributed by atoms with E-state index < -0.39 is 0 Å². The molecule has 0 saturated heterocycles. The molecular formula is C27H46O. The highest BCUT2D eigenvalue weighted by molar-refractivity contribution is 5.25. The Hall–Kier alpha value is -0.300. The van der Waals surface area contributed by atoms with E-state index >= 15 is 0 Å². The molecule has 1 nitrogen and oxygen atoms in total. The topological polar surface area (TPSA) is 20.2 Å². The van der Waals surface area contributed by atoms with Gasteiger partial charge in [0.15, 0.2) is 0 Å². The zero-order valence-corrected chi connectivity index (χ0v) is 19.3. The van der Waals surface area contributed by atoms with E-state index in [1.54, 1.807) is 5.57 Å². The average molecular weight is 387 g/mol. The molecule has 0 aromatic heterocycles. The largest absolute Gasteiger partial charge is 0.389 e. The smallest absolute Gasteiger partial charge is 0.0724 e. The zero-order valence-electron chi connectivity index (χ0n) is 19.3. The summed E-state index contributed by atoms with van der Waals surface area (Å²) in [5.74, 6) is 5.52. The van der Waals surface area contributed by atoms with Gasteiger partial charge >= 0.3 is 0 Å². The molecule has 8 atom stereocenters. The number of allylic oxidation sites excluding steroid dienone is 1. The van der Waals surface area contributed by atoms with E-state index in [9.17, 15) is 5.11 Å². The number of hydrogen-bond acceptors (Lipinski definition) is 1. The standard InChI is InChI=1S/C27H46O/c1-18(2)7-6-8-19(3)23-11-12-24-22-10-9-20-17-21(28)13-15-26(20,4)25(22)14-16-27(23,24)5/h17-19,21-25,28H,6-16H2,1-5H3/t19-,21+,22-,23+,24-,25-,26+,27-/m1/s1. The summed E-state index contributed by atoms with van der Waals surface area (Å²) in [6, 6.07) is 0. The van der Waals surface area contributed by atoms with Crippen molar-refractivity contribution in [2.45, 2.75) is 111 Å². The van der Waals surface area contributed by atoms with E-state index in [-0.39, 0.29) is 6.10 Å². The van der Waals surface area contributed by atoms with Gasteiger partial charge in [0.25, 0.3) is 0 Å². The van der Waals surface area contributed by atoms with Crippen molar-refractivity contribution >= 4 is 0 Å². The summed E-state index contributed by atoms with van der Waals surface area (Å²) in [7, 11) is 0. The van der Waals surface area contributed by atoms with E-state index in [4.69, 9.17) is 0 Å². The molecule has 3 saturated carbocycles. The molecule has 1 N–H and O–H groups in total. The molecule has 0 aromatic carbocycles. The van der Waals surface area contributed by atoms with E-state index in [1.807, 2.05) is 0 Å². The summed E-state index contributed by atoms with van der Waals surface area (Å²) in [4.78, 5) is 0. The molecule has 4 rings (SSSR count). The zero-order chi connectivity index (χ0) is 20.1. The van der Waals surface area contributed by atoms with Crippen LogP contribution < -0.4 is 0 Å². The Morgan fingerprint density at radius 3 is 2.50 bits per heavy atom. The molecule has 0 unspecified atom stereocenters. The Bertz CT molecular complexity index is 591. The maximum atomic E-state index is 10.2. The van der Waals surface area contributed by atoms with Gasteiger partial charge in [-0.1, -0.05) is 65.5 Å². The molecule has 4 aliphatic rings. The number of aliphatic hydroxyl groups excluding tert-OH is 1. The van der Waals surface area contributed by atoms with Crippen LogP contribution in [-0.2, 0) is 0 Å². The fraction of sp³-hybridized carbons (Fsp3) is 0.926. The van der Waals surface area contributed by atoms with Crippen molar-refractivity contribution in [3.8, 4) is 0 Å². The van der Waals surface area contributed by atoms with Crippen molar-refractivity contribution in [1.82, 2.24) is 0 Å². The molecule has 28 heavy (non-hydrogen) atoms. The Morgan fingerprint density at radius 1 is 0.964 bits per heavy atom. The monoisotopic (exact) mass is 386 g/mol. The van der Waals surface area contributed by atoms with Crippen LogP contribution in [0.4, 0.5) is 0 Å². The van der Waals surface area contributed by atoms with E-state index in [0.29, 0.717) is 10.8 Å². The lowest BCUT2D eigenvalue weighted by Gasteiger charge is -2.59. The normalized spacial score (nSPS) is 46.5. The first-order valence-corrected chi connectivity index (χ1v) is 12.6. The number of fused-ring (bicyclic) bond motifs is 5. The van der Waals surface area contributed by atoms with Gasteiger partial charge in [-0.15, -0.1) is 0 Å². The second-order valence-corrected chi connectivity index (χ2v) is 12.2. The summed E-state index contributed by atoms with van der Waals surface area (Å²) in [6.45, 7) is 12.6. The minimum atomic E-state index is -0.170. The highest BCUT2D eigenvalue weighted by Crippen LogP contribution is 2.67. The SMILES string of the molecule is CC(C)CCC[C@@H](C)[C@@H]1CC[C@@H]2[C@H]3CCC4=C[C@@H](O)CC[C@]4(C)[C@@H]3CC[C@@]21C. The number of aliphatic hydroxyl groups is 1. The third-order valence-electron chi connectivity index (χ3n) is 10.3. The third kappa shape index (κ3) is 3.42. The van der Waals surface area contributed by atoms with Crippen LogP contribution in [0.25, 0.3) is 0 Å². The maximum absolute atomic E-state index is 10.2. The average Bonchev–Trinajstić information content (AvgIpc) is 2.99. The van der Waals surface area contributed by atoms with Gasteiger partial charge in [-0.05, 0) is 97.7 Å². The molecule has 160 valence electrons. The van der Waals surface area contributed by atoms with E-state index in [0.717, 1.165) is 41.9 Å². The van der Waals surface area contributed by atoms with Crippen LogP contribution >= 0.6 is 0 Å². The van der Waals surface area contributed by atoms with E-state index in [1.165, 1.54) is 64.2 Å². The van der Waals surface area contributed by atoms with Gasteiger partial charge in [-0.2, -0.15) is 0 Å². The summed E-state index contributed by atoms with van der Waals surface area (Å²) in [5.41, 5.74) is 2.61. The predicted molar refractivity (Wildman–Crippen MR) is 119 cm³/mol. The van der Waals surface area contributed by atoms with Gasteiger partial charge in [-0.3, -0.25) is 0 Å². The van der Waals surface area contributed by atoms with Gasteiger partial charge in [0.2, 0.25) is 0 Å². The molecule has 0 bridgehead atoms. The predicted octanol–water partition coefficient (Wildman–Crippen LogP) is 7.39. The first-order chi connectivity index (χ1) is 13.3. The van der Waals surface area contributed by atoms with Crippen molar-refractivity contribution in [3.05, 3.63) is 11.6 Å². The summed E-state index contributed by atoms with van der Waals surface area (Å²) in [6.07, 6.45) is 17.1. The molecule has 0 aliphatic heterocycles. The van der Waals surface area contributed by atoms with Gasteiger partial charge in [0.1, 0.15) is 0 Å². The molecular weight excluding hydrogens is 340 g/mol. The molecule has 0 spiro atoms. The Labute approximate surface area is 174 Å². The van der Waals surface area contributed by atoms with Crippen LogP contribution in [0, 0.1) is 46.3 Å². The van der Waals surface area contributed by atoms with Gasteiger partial charge < -0.3 is 5.11 Å². The van der Waals surface area contributed by atoms with Crippen molar-refractivity contribution < 1.29 is 5.11 Å². The molecule has 0 aromatic rings. The van der Waals surface area contributed by atoms with E-state index in [2.05, 4.69) is 40.7 Å². The molecule has 0 radical (unpaired) electrons. The van der Waals surface area contributed by atoms with Crippen LogP contribution in [0.5, 0.6) is 0 Å². The molecule has 4 aliphatic carbocycles. The molecule has 3 fully saturated rings. The highest BCUT2D eigenvalue weighted by atomic mass is 16.3. The Morgan fingerprint density at radius 2 is 1.75 bits per heavy atom. The van der Waals surface area contributed by atoms with Crippen molar-refractivity contribution in [1.29, 1.82) is 0 Å². The summed E-state index contributed by atoms with van der Waals surface area (Å²) in [5, 5.41) is 10.2. The number of rotatable bonds is 5. The lowest BCUT2D eigenvalue weighted by molar-refractivity contribution is -0.0626. The Balaban J connectivity index is 1.48. The van der Waals surface area contributed by atoms with Gasteiger partial charge in [0, 0.05) is 0 Å². The molecule has 0 heterocycles. The van der Waals surface area contributed by atoms with Gasteiger partial charge in [-0.25, -0.2) is 0 Å². The molecule has 0 amide bonds. The molecule has 1 heteroatoms. The lowest BCUT2D eigenvalue weighted by atomic mass is 9.46.